The summed E-state index contributed by atoms with van der Waals surface area (Å²) in [6.07, 6.45) is 2.51. The molecular weight excluding hydrogens is 194 g/mol. The Morgan fingerprint density at radius 3 is 2.67 bits per heavy atom. The first-order chi connectivity index (χ1) is 7.36. The largest absolute Gasteiger partial charge is 0.382 e. The molecule has 4 heteroatoms. The molecule has 15 heavy (non-hydrogen) atoms. The van der Waals surface area contributed by atoms with E-state index in [9.17, 15) is 0 Å². The first-order valence-electron chi connectivity index (χ1n) is 5.67. The van der Waals surface area contributed by atoms with Crippen LogP contribution in [0.5, 0.6) is 0 Å². The lowest BCUT2D eigenvalue weighted by atomic mass is 10.0. The summed E-state index contributed by atoms with van der Waals surface area (Å²) < 4.78 is 15.6. The minimum atomic E-state index is 0.162. The molecule has 1 aliphatic rings. The second-order valence-electron chi connectivity index (χ2n) is 4.03. The zero-order chi connectivity index (χ0) is 10.9. The maximum Gasteiger partial charge on any atom is 0.0928 e. The van der Waals surface area contributed by atoms with Crippen molar-refractivity contribution in [2.24, 2.45) is 5.92 Å². The molecule has 0 aliphatic carbocycles. The lowest BCUT2D eigenvalue weighted by Crippen LogP contribution is -2.35. The van der Waals surface area contributed by atoms with Crippen molar-refractivity contribution in [1.82, 2.24) is 5.32 Å². The third-order valence-electron chi connectivity index (χ3n) is 2.83. The van der Waals surface area contributed by atoms with E-state index in [1.807, 2.05) is 0 Å². The molecule has 90 valence electrons. The van der Waals surface area contributed by atoms with Crippen LogP contribution in [0, 0.1) is 5.92 Å². The van der Waals surface area contributed by atoms with Crippen LogP contribution >= 0.6 is 0 Å². The number of nitrogens with one attached hydrogen (secondary N) is 1. The fourth-order valence-corrected chi connectivity index (χ4v) is 1.80. The highest BCUT2D eigenvalue weighted by Crippen LogP contribution is 2.12. The zero-order valence-electron chi connectivity index (χ0n) is 9.83. The average Bonchev–Trinajstić information content (AvgIpc) is 2.29. The van der Waals surface area contributed by atoms with E-state index in [2.05, 4.69) is 5.32 Å². The van der Waals surface area contributed by atoms with E-state index in [0.717, 1.165) is 32.2 Å². The standard InChI is InChI=1S/C11H23NO3/c1-13-9-11(14-2)8-12-7-10-3-5-15-6-4-10/h10-12H,3-9H2,1-2H3. The van der Waals surface area contributed by atoms with Gasteiger partial charge in [0.2, 0.25) is 0 Å². The first kappa shape index (κ1) is 12.9. The molecule has 0 spiro atoms. The third kappa shape index (κ3) is 5.47. The SMILES string of the molecule is COCC(CNCC1CCOCC1)OC. The van der Waals surface area contributed by atoms with E-state index < -0.39 is 0 Å². The van der Waals surface area contributed by atoms with Gasteiger partial charge in [-0.1, -0.05) is 0 Å². The van der Waals surface area contributed by atoms with Crippen LogP contribution in [0.1, 0.15) is 12.8 Å². The third-order valence-corrected chi connectivity index (χ3v) is 2.83. The molecule has 1 atom stereocenters. The summed E-state index contributed by atoms with van der Waals surface area (Å²) in [6, 6.07) is 0. The highest BCUT2D eigenvalue weighted by Gasteiger charge is 2.14. The van der Waals surface area contributed by atoms with Crippen molar-refractivity contribution in [3.63, 3.8) is 0 Å². The summed E-state index contributed by atoms with van der Waals surface area (Å²) >= 11 is 0. The molecule has 0 aromatic carbocycles. The summed E-state index contributed by atoms with van der Waals surface area (Å²) in [6.45, 7) is 4.40. The van der Waals surface area contributed by atoms with Crippen molar-refractivity contribution in [1.29, 1.82) is 0 Å². The normalized spacial score (nSPS) is 20.4. The fourth-order valence-electron chi connectivity index (χ4n) is 1.80. The Balaban J connectivity index is 2.03. The maximum atomic E-state index is 5.31. The Morgan fingerprint density at radius 1 is 1.33 bits per heavy atom. The number of rotatable bonds is 7. The predicted octanol–water partition coefficient (Wildman–Crippen LogP) is 0.664. The summed E-state index contributed by atoms with van der Waals surface area (Å²) in [7, 11) is 3.42. The second-order valence-corrected chi connectivity index (χ2v) is 4.03. The molecule has 0 amide bonds. The maximum absolute atomic E-state index is 5.31. The first-order valence-corrected chi connectivity index (χ1v) is 5.67. The molecule has 1 saturated heterocycles. The quantitative estimate of drug-likeness (QED) is 0.680. The van der Waals surface area contributed by atoms with Gasteiger partial charge < -0.3 is 19.5 Å². The highest BCUT2D eigenvalue weighted by atomic mass is 16.5. The van der Waals surface area contributed by atoms with Crippen molar-refractivity contribution in [3.05, 3.63) is 0 Å². The van der Waals surface area contributed by atoms with Crippen molar-refractivity contribution < 1.29 is 14.2 Å². The van der Waals surface area contributed by atoms with Gasteiger partial charge >= 0.3 is 0 Å². The van der Waals surface area contributed by atoms with Crippen molar-refractivity contribution >= 4 is 0 Å². The van der Waals surface area contributed by atoms with Crippen LogP contribution in [0.15, 0.2) is 0 Å². The molecule has 4 nitrogen and oxygen atoms in total. The van der Waals surface area contributed by atoms with Gasteiger partial charge in [0, 0.05) is 34.0 Å². The summed E-state index contributed by atoms with van der Waals surface area (Å²) in [5, 5.41) is 3.43. The van der Waals surface area contributed by atoms with Gasteiger partial charge in [-0.25, -0.2) is 0 Å². The zero-order valence-corrected chi connectivity index (χ0v) is 9.83. The molecule has 0 saturated carbocycles. The van der Waals surface area contributed by atoms with Crippen molar-refractivity contribution in [2.75, 3.05) is 47.1 Å². The monoisotopic (exact) mass is 217 g/mol. The Morgan fingerprint density at radius 2 is 2.07 bits per heavy atom. The van der Waals surface area contributed by atoms with Crippen molar-refractivity contribution in [2.45, 2.75) is 18.9 Å². The van der Waals surface area contributed by atoms with E-state index in [1.54, 1.807) is 14.2 Å². The molecule has 1 fully saturated rings. The molecule has 1 heterocycles. The van der Waals surface area contributed by atoms with Crippen LogP contribution < -0.4 is 5.32 Å². The van der Waals surface area contributed by atoms with Crippen LogP contribution in [-0.2, 0) is 14.2 Å². The van der Waals surface area contributed by atoms with Gasteiger partial charge in [0.05, 0.1) is 12.7 Å². The van der Waals surface area contributed by atoms with Crippen LogP contribution in [-0.4, -0.2) is 53.2 Å². The number of hydrogen-bond acceptors (Lipinski definition) is 4. The molecule has 0 bridgehead atoms. The molecule has 1 N–H and O–H groups in total. The van der Waals surface area contributed by atoms with Crippen molar-refractivity contribution in [3.8, 4) is 0 Å². The highest BCUT2D eigenvalue weighted by molar-refractivity contribution is 4.68. The van der Waals surface area contributed by atoms with E-state index in [0.29, 0.717) is 6.61 Å². The van der Waals surface area contributed by atoms with Crippen LogP contribution in [0.2, 0.25) is 0 Å². The van der Waals surface area contributed by atoms with Gasteiger partial charge in [-0.2, -0.15) is 0 Å². The minimum Gasteiger partial charge on any atom is -0.382 e. The number of methoxy groups -OCH3 is 2. The van der Waals surface area contributed by atoms with Gasteiger partial charge in [0.15, 0.2) is 0 Å². The average molecular weight is 217 g/mol. The van der Waals surface area contributed by atoms with Crippen LogP contribution in [0.4, 0.5) is 0 Å². The smallest absolute Gasteiger partial charge is 0.0928 e. The Labute approximate surface area is 92.3 Å². The van der Waals surface area contributed by atoms with Crippen LogP contribution in [0.3, 0.4) is 0 Å². The van der Waals surface area contributed by atoms with Gasteiger partial charge in [-0.15, -0.1) is 0 Å². The Hall–Kier alpha value is -0.160. The van der Waals surface area contributed by atoms with Gasteiger partial charge in [0.1, 0.15) is 0 Å². The predicted molar refractivity (Wildman–Crippen MR) is 59.1 cm³/mol. The summed E-state index contributed by atoms with van der Waals surface area (Å²) in [4.78, 5) is 0. The Bertz CT molecular complexity index is 144. The molecule has 1 unspecified atom stereocenters. The van der Waals surface area contributed by atoms with E-state index in [1.165, 1.54) is 12.8 Å². The van der Waals surface area contributed by atoms with Gasteiger partial charge in [-0.3, -0.25) is 0 Å². The van der Waals surface area contributed by atoms with Crippen LogP contribution in [0.25, 0.3) is 0 Å². The minimum absolute atomic E-state index is 0.162. The molecule has 1 rings (SSSR count). The van der Waals surface area contributed by atoms with E-state index in [4.69, 9.17) is 14.2 Å². The second kappa shape index (κ2) is 8.05. The summed E-state index contributed by atoms with van der Waals surface area (Å²) in [5.74, 6) is 0.763. The van der Waals surface area contributed by atoms with E-state index >= 15 is 0 Å². The topological polar surface area (TPSA) is 39.7 Å². The molecule has 0 aromatic heterocycles. The Kier molecular flexibility index (Phi) is 6.92. The van der Waals surface area contributed by atoms with Gasteiger partial charge in [0.25, 0.3) is 0 Å². The van der Waals surface area contributed by atoms with Gasteiger partial charge in [-0.05, 0) is 25.3 Å². The number of ether oxygens (including phenoxy) is 3. The van der Waals surface area contributed by atoms with E-state index in [-0.39, 0.29) is 6.10 Å². The summed E-state index contributed by atoms with van der Waals surface area (Å²) in [5.41, 5.74) is 0. The fraction of sp³-hybridized carbons (Fsp3) is 1.00. The lowest BCUT2D eigenvalue weighted by Gasteiger charge is -2.23. The lowest BCUT2D eigenvalue weighted by molar-refractivity contribution is 0.0261. The molecule has 0 aromatic rings. The number of hydrogen-bond donors (Lipinski definition) is 1. The molecular formula is C11H23NO3. The molecule has 1 aliphatic heterocycles. The molecule has 0 radical (unpaired) electrons.